The van der Waals surface area contributed by atoms with Gasteiger partial charge in [-0.3, -0.25) is 0 Å². The third-order valence-corrected chi connectivity index (χ3v) is 3.37. The lowest BCUT2D eigenvalue weighted by Gasteiger charge is -2.13. The molecule has 0 aliphatic rings. The molecule has 2 aromatic rings. The van der Waals surface area contributed by atoms with E-state index in [0.717, 1.165) is 23.8 Å². The van der Waals surface area contributed by atoms with Crippen molar-refractivity contribution in [2.75, 3.05) is 6.61 Å². The second-order valence-corrected chi connectivity index (χ2v) is 5.05. The molecule has 3 heteroatoms. The maximum Gasteiger partial charge on any atom is 0.119 e. The first kappa shape index (κ1) is 14.7. The quantitative estimate of drug-likeness (QED) is 0.858. The minimum atomic E-state index is 0.267. The van der Waals surface area contributed by atoms with E-state index in [1.165, 1.54) is 11.1 Å². The van der Waals surface area contributed by atoms with Gasteiger partial charge in [0.05, 0.1) is 6.61 Å². The molecule has 1 heterocycles. The standard InChI is InChI=1S/C17H23NO2/c1-5-19-16-8-6-7-15(10-16)11-18-13(3)17-9-12(2)20-14(17)4/h6-10,13,18H,5,11H2,1-4H3. The molecule has 0 aliphatic carbocycles. The Morgan fingerprint density at radius 1 is 1.25 bits per heavy atom. The van der Waals surface area contributed by atoms with Crippen molar-refractivity contribution < 1.29 is 9.15 Å². The van der Waals surface area contributed by atoms with Gasteiger partial charge in [0.1, 0.15) is 17.3 Å². The normalized spacial score (nSPS) is 12.4. The summed E-state index contributed by atoms with van der Waals surface area (Å²) in [5, 5.41) is 3.52. The van der Waals surface area contributed by atoms with Crippen LogP contribution in [0, 0.1) is 13.8 Å². The molecule has 1 aromatic heterocycles. The first-order valence-corrected chi connectivity index (χ1v) is 7.12. The smallest absolute Gasteiger partial charge is 0.119 e. The van der Waals surface area contributed by atoms with E-state index in [2.05, 4.69) is 30.4 Å². The molecule has 1 N–H and O–H groups in total. The van der Waals surface area contributed by atoms with Crippen molar-refractivity contribution >= 4 is 0 Å². The molecule has 0 radical (unpaired) electrons. The van der Waals surface area contributed by atoms with E-state index in [1.807, 2.05) is 32.9 Å². The highest BCUT2D eigenvalue weighted by Gasteiger charge is 2.12. The predicted octanol–water partition coefficient (Wildman–Crippen LogP) is 4.15. The average Bonchev–Trinajstić information content (AvgIpc) is 2.76. The Morgan fingerprint density at radius 2 is 2.05 bits per heavy atom. The van der Waals surface area contributed by atoms with Gasteiger partial charge in [0, 0.05) is 18.2 Å². The summed E-state index contributed by atoms with van der Waals surface area (Å²) in [6.07, 6.45) is 0. The van der Waals surface area contributed by atoms with E-state index in [4.69, 9.17) is 9.15 Å². The summed E-state index contributed by atoms with van der Waals surface area (Å²) in [5.41, 5.74) is 2.45. The van der Waals surface area contributed by atoms with Crippen LogP contribution in [0.25, 0.3) is 0 Å². The van der Waals surface area contributed by atoms with E-state index in [1.54, 1.807) is 0 Å². The van der Waals surface area contributed by atoms with Gasteiger partial charge in [-0.1, -0.05) is 12.1 Å². The van der Waals surface area contributed by atoms with Gasteiger partial charge in [0.25, 0.3) is 0 Å². The Kier molecular flexibility index (Phi) is 4.85. The van der Waals surface area contributed by atoms with Gasteiger partial charge in [-0.05, 0) is 51.5 Å². The van der Waals surface area contributed by atoms with Crippen molar-refractivity contribution in [1.29, 1.82) is 0 Å². The Balaban J connectivity index is 1.98. The van der Waals surface area contributed by atoms with Gasteiger partial charge in [-0.15, -0.1) is 0 Å². The molecule has 1 aromatic carbocycles. The summed E-state index contributed by atoms with van der Waals surface area (Å²) < 4.78 is 11.1. The van der Waals surface area contributed by atoms with E-state index < -0.39 is 0 Å². The van der Waals surface area contributed by atoms with E-state index >= 15 is 0 Å². The van der Waals surface area contributed by atoms with Gasteiger partial charge >= 0.3 is 0 Å². The van der Waals surface area contributed by atoms with Crippen LogP contribution >= 0.6 is 0 Å². The zero-order valence-corrected chi connectivity index (χ0v) is 12.7. The number of hydrogen-bond donors (Lipinski definition) is 1. The lowest BCUT2D eigenvalue weighted by atomic mass is 10.1. The van der Waals surface area contributed by atoms with Gasteiger partial charge in [-0.25, -0.2) is 0 Å². The van der Waals surface area contributed by atoms with Gasteiger partial charge < -0.3 is 14.5 Å². The van der Waals surface area contributed by atoms with Crippen LogP contribution in [0.15, 0.2) is 34.7 Å². The third kappa shape index (κ3) is 3.64. The number of ether oxygens (including phenoxy) is 1. The Labute approximate surface area is 121 Å². The summed E-state index contributed by atoms with van der Waals surface area (Å²) >= 11 is 0. The lowest BCUT2D eigenvalue weighted by Crippen LogP contribution is -2.18. The number of nitrogens with one attached hydrogen (secondary N) is 1. The molecule has 0 fully saturated rings. The Morgan fingerprint density at radius 3 is 2.70 bits per heavy atom. The van der Waals surface area contributed by atoms with Crippen LogP contribution in [-0.4, -0.2) is 6.61 Å². The topological polar surface area (TPSA) is 34.4 Å². The zero-order valence-electron chi connectivity index (χ0n) is 12.7. The summed E-state index contributed by atoms with van der Waals surface area (Å²) in [4.78, 5) is 0. The van der Waals surface area contributed by atoms with Crippen LogP contribution in [0.2, 0.25) is 0 Å². The third-order valence-electron chi connectivity index (χ3n) is 3.37. The summed E-state index contributed by atoms with van der Waals surface area (Å²) in [7, 11) is 0. The molecular formula is C17H23NO2. The highest BCUT2D eigenvalue weighted by molar-refractivity contribution is 5.29. The number of aryl methyl sites for hydroxylation is 2. The second-order valence-electron chi connectivity index (χ2n) is 5.05. The van der Waals surface area contributed by atoms with Crippen LogP contribution in [0.5, 0.6) is 5.75 Å². The Bertz CT molecular complexity index is 560. The molecule has 0 amide bonds. The predicted molar refractivity (Wildman–Crippen MR) is 81.0 cm³/mol. The number of furan rings is 1. The lowest BCUT2D eigenvalue weighted by molar-refractivity contribution is 0.339. The van der Waals surface area contributed by atoms with Crippen molar-refractivity contribution in [3.05, 3.63) is 53.0 Å². The van der Waals surface area contributed by atoms with E-state index in [0.29, 0.717) is 6.61 Å². The van der Waals surface area contributed by atoms with Crippen LogP contribution in [0.1, 0.15) is 42.5 Å². The van der Waals surface area contributed by atoms with Crippen molar-refractivity contribution in [3.63, 3.8) is 0 Å². The Hall–Kier alpha value is -1.74. The second kappa shape index (κ2) is 6.62. The molecule has 0 bridgehead atoms. The van der Waals surface area contributed by atoms with Crippen LogP contribution < -0.4 is 10.1 Å². The average molecular weight is 273 g/mol. The fraction of sp³-hybridized carbons (Fsp3) is 0.412. The largest absolute Gasteiger partial charge is 0.494 e. The molecule has 1 atom stereocenters. The highest BCUT2D eigenvalue weighted by atomic mass is 16.5. The molecule has 0 saturated heterocycles. The van der Waals surface area contributed by atoms with E-state index in [-0.39, 0.29) is 6.04 Å². The van der Waals surface area contributed by atoms with Gasteiger partial charge in [0.15, 0.2) is 0 Å². The first-order valence-electron chi connectivity index (χ1n) is 7.12. The molecular weight excluding hydrogens is 250 g/mol. The van der Waals surface area contributed by atoms with Crippen LogP contribution in [0.4, 0.5) is 0 Å². The molecule has 108 valence electrons. The first-order chi connectivity index (χ1) is 9.60. The summed E-state index contributed by atoms with van der Waals surface area (Å²) in [6, 6.07) is 10.6. The molecule has 0 aliphatic heterocycles. The molecule has 3 nitrogen and oxygen atoms in total. The molecule has 0 saturated carbocycles. The van der Waals surface area contributed by atoms with Crippen LogP contribution in [-0.2, 0) is 6.54 Å². The minimum absolute atomic E-state index is 0.267. The van der Waals surface area contributed by atoms with Gasteiger partial charge in [0.2, 0.25) is 0 Å². The minimum Gasteiger partial charge on any atom is -0.494 e. The van der Waals surface area contributed by atoms with Crippen molar-refractivity contribution in [3.8, 4) is 5.75 Å². The van der Waals surface area contributed by atoms with Crippen molar-refractivity contribution in [2.24, 2.45) is 0 Å². The molecule has 2 rings (SSSR count). The van der Waals surface area contributed by atoms with E-state index in [9.17, 15) is 0 Å². The SMILES string of the molecule is CCOc1cccc(CNC(C)c2cc(C)oc2C)c1. The molecule has 20 heavy (non-hydrogen) atoms. The number of hydrogen-bond acceptors (Lipinski definition) is 3. The zero-order chi connectivity index (χ0) is 14.5. The monoisotopic (exact) mass is 273 g/mol. The summed E-state index contributed by atoms with van der Waals surface area (Å²) in [6.45, 7) is 9.65. The molecule has 0 spiro atoms. The number of benzene rings is 1. The fourth-order valence-corrected chi connectivity index (χ4v) is 2.37. The fourth-order valence-electron chi connectivity index (χ4n) is 2.37. The molecule has 1 unspecified atom stereocenters. The summed E-state index contributed by atoms with van der Waals surface area (Å²) in [5.74, 6) is 2.88. The number of rotatable bonds is 6. The van der Waals surface area contributed by atoms with Gasteiger partial charge in [-0.2, -0.15) is 0 Å². The maximum absolute atomic E-state index is 5.58. The van der Waals surface area contributed by atoms with Crippen molar-refractivity contribution in [2.45, 2.75) is 40.3 Å². The van der Waals surface area contributed by atoms with Crippen molar-refractivity contribution in [1.82, 2.24) is 5.32 Å². The maximum atomic E-state index is 5.58. The highest BCUT2D eigenvalue weighted by Crippen LogP contribution is 2.22. The van der Waals surface area contributed by atoms with Crippen LogP contribution in [0.3, 0.4) is 0 Å².